The van der Waals surface area contributed by atoms with Crippen molar-refractivity contribution in [2.24, 2.45) is 5.73 Å². The van der Waals surface area contributed by atoms with Crippen LogP contribution in [0.15, 0.2) is 6.20 Å². The van der Waals surface area contributed by atoms with E-state index in [0.717, 1.165) is 0 Å². The molecule has 0 radical (unpaired) electrons. The molecule has 16 heavy (non-hydrogen) atoms. The molecule has 1 aliphatic carbocycles. The average Bonchev–Trinajstić information content (AvgIpc) is 2.86. The summed E-state index contributed by atoms with van der Waals surface area (Å²) in [7, 11) is 0. The van der Waals surface area contributed by atoms with E-state index in [-0.39, 0.29) is 11.4 Å². The zero-order chi connectivity index (χ0) is 11.9. The molecule has 0 aromatic carbocycles. The van der Waals surface area contributed by atoms with Gasteiger partial charge in [-0.3, -0.25) is 4.79 Å². The molecular weight excluding hydrogens is 216 g/mol. The molecule has 1 atom stereocenters. The molecule has 0 spiro atoms. The largest absolute Gasteiger partial charge is 0.480 e. The second-order valence-corrected chi connectivity index (χ2v) is 3.86. The minimum atomic E-state index is -1.16. The van der Waals surface area contributed by atoms with E-state index in [9.17, 15) is 14.9 Å². The predicted octanol–water partition coefficient (Wildman–Crippen LogP) is -0.239. The fraction of sp³-hybridized carbons (Fsp3) is 0.500. The predicted molar refractivity (Wildman–Crippen MR) is 51.8 cm³/mol. The number of aliphatic carboxylic acids is 1. The lowest BCUT2D eigenvalue weighted by Crippen LogP contribution is -2.42. The number of aromatic amines is 1. The number of aromatic nitrogens is 2. The number of nitrogens with two attached hydrogens (primary N) is 1. The lowest BCUT2D eigenvalue weighted by molar-refractivity contribution is -0.390. The minimum absolute atomic E-state index is 0.269. The monoisotopic (exact) mass is 226 g/mol. The standard InChI is InChI=1S/C8H10N4O4/c9-5(7(13)14)8(1-2-8)4-3-10-11-6(4)12(15)16/h3,5H,1-2,9H2,(H,10,11)(H,13,14). The van der Waals surface area contributed by atoms with Crippen molar-refractivity contribution in [2.75, 3.05) is 0 Å². The maximum atomic E-state index is 10.8. The lowest BCUT2D eigenvalue weighted by Gasteiger charge is -2.17. The van der Waals surface area contributed by atoms with Crippen LogP contribution in [-0.4, -0.2) is 32.2 Å². The Morgan fingerprint density at radius 2 is 2.38 bits per heavy atom. The summed E-state index contributed by atoms with van der Waals surface area (Å²) in [5.74, 6) is -1.43. The molecule has 0 aliphatic heterocycles. The minimum Gasteiger partial charge on any atom is -0.480 e. The number of nitrogens with one attached hydrogen (secondary N) is 1. The van der Waals surface area contributed by atoms with Crippen LogP contribution < -0.4 is 5.73 Å². The third-order valence-corrected chi connectivity index (χ3v) is 2.99. The lowest BCUT2D eigenvalue weighted by atomic mass is 9.90. The quantitative estimate of drug-likeness (QED) is 0.479. The highest BCUT2D eigenvalue weighted by molar-refractivity contribution is 5.77. The first kappa shape index (κ1) is 10.6. The van der Waals surface area contributed by atoms with Gasteiger partial charge in [-0.15, -0.1) is 5.10 Å². The molecule has 1 unspecified atom stereocenters. The molecule has 0 saturated heterocycles. The highest BCUT2D eigenvalue weighted by Gasteiger charge is 2.56. The molecular formula is C8H10N4O4. The second kappa shape index (κ2) is 3.27. The summed E-state index contributed by atoms with van der Waals surface area (Å²) in [6, 6.07) is -1.14. The van der Waals surface area contributed by atoms with E-state index in [1.165, 1.54) is 6.20 Å². The fourth-order valence-corrected chi connectivity index (χ4v) is 1.90. The molecule has 8 heteroatoms. The van der Waals surface area contributed by atoms with Gasteiger partial charge in [-0.2, -0.15) is 0 Å². The highest BCUT2D eigenvalue weighted by atomic mass is 16.6. The molecule has 1 aliphatic rings. The number of hydrogen-bond donors (Lipinski definition) is 3. The van der Waals surface area contributed by atoms with Crippen LogP contribution in [0.4, 0.5) is 5.82 Å². The molecule has 1 aromatic heterocycles. The van der Waals surface area contributed by atoms with Crippen molar-refractivity contribution in [2.45, 2.75) is 24.3 Å². The van der Waals surface area contributed by atoms with Gasteiger partial charge in [-0.1, -0.05) is 5.10 Å². The van der Waals surface area contributed by atoms with E-state index in [4.69, 9.17) is 10.8 Å². The van der Waals surface area contributed by atoms with Crippen molar-refractivity contribution in [3.63, 3.8) is 0 Å². The summed E-state index contributed by atoms with van der Waals surface area (Å²) >= 11 is 0. The van der Waals surface area contributed by atoms with Crippen LogP contribution in [0.1, 0.15) is 18.4 Å². The van der Waals surface area contributed by atoms with Gasteiger partial charge in [-0.25, -0.2) is 0 Å². The second-order valence-electron chi connectivity index (χ2n) is 3.86. The van der Waals surface area contributed by atoms with E-state index < -0.39 is 22.3 Å². The molecule has 1 saturated carbocycles. The van der Waals surface area contributed by atoms with E-state index in [1.807, 2.05) is 0 Å². The van der Waals surface area contributed by atoms with E-state index in [2.05, 4.69) is 10.2 Å². The number of H-pyrrole nitrogens is 1. The van der Waals surface area contributed by atoms with Crippen LogP contribution in [-0.2, 0) is 10.2 Å². The summed E-state index contributed by atoms with van der Waals surface area (Å²) in [5.41, 5.74) is 5.01. The molecule has 1 fully saturated rings. The molecule has 0 amide bonds. The molecule has 1 heterocycles. The Labute approximate surface area is 89.6 Å². The Morgan fingerprint density at radius 3 is 2.81 bits per heavy atom. The SMILES string of the molecule is NC(C(=O)O)C1(c2cn[nH]c2[N+](=O)[O-])CC1. The Balaban J connectivity index is 2.41. The maximum Gasteiger partial charge on any atom is 0.346 e. The van der Waals surface area contributed by atoms with Crippen molar-refractivity contribution >= 4 is 11.8 Å². The van der Waals surface area contributed by atoms with Gasteiger partial charge in [0.1, 0.15) is 6.04 Å². The van der Waals surface area contributed by atoms with E-state index in [0.29, 0.717) is 12.8 Å². The first-order chi connectivity index (χ1) is 7.49. The molecule has 86 valence electrons. The zero-order valence-corrected chi connectivity index (χ0v) is 8.21. The Kier molecular flexibility index (Phi) is 2.16. The van der Waals surface area contributed by atoms with Crippen molar-refractivity contribution in [1.29, 1.82) is 0 Å². The van der Waals surface area contributed by atoms with Crippen LogP contribution >= 0.6 is 0 Å². The Morgan fingerprint density at radius 1 is 1.75 bits per heavy atom. The highest BCUT2D eigenvalue weighted by Crippen LogP contribution is 2.52. The van der Waals surface area contributed by atoms with Crippen LogP contribution in [0, 0.1) is 10.1 Å². The zero-order valence-electron chi connectivity index (χ0n) is 8.21. The number of carbonyl (C=O) groups is 1. The number of carboxylic acid groups (broad SMARTS) is 1. The summed E-state index contributed by atoms with van der Waals surface area (Å²) in [6.07, 6.45) is 2.34. The van der Waals surface area contributed by atoms with Crippen molar-refractivity contribution in [3.8, 4) is 0 Å². The number of rotatable bonds is 4. The van der Waals surface area contributed by atoms with Crippen molar-refractivity contribution in [1.82, 2.24) is 10.2 Å². The third-order valence-electron chi connectivity index (χ3n) is 2.99. The van der Waals surface area contributed by atoms with Gasteiger partial charge < -0.3 is 21.0 Å². The van der Waals surface area contributed by atoms with Crippen LogP contribution in [0.25, 0.3) is 0 Å². The molecule has 0 bridgehead atoms. The fourth-order valence-electron chi connectivity index (χ4n) is 1.90. The number of carboxylic acids is 1. The summed E-state index contributed by atoms with van der Waals surface area (Å²) in [4.78, 5) is 20.9. The number of nitrogens with zero attached hydrogens (tertiary/aromatic N) is 2. The molecule has 2 rings (SSSR count). The van der Waals surface area contributed by atoms with Gasteiger partial charge in [0.15, 0.2) is 0 Å². The first-order valence-corrected chi connectivity index (χ1v) is 4.65. The number of hydrogen-bond acceptors (Lipinski definition) is 5. The van der Waals surface area contributed by atoms with E-state index >= 15 is 0 Å². The van der Waals surface area contributed by atoms with Crippen LogP contribution in [0.2, 0.25) is 0 Å². The van der Waals surface area contributed by atoms with Gasteiger partial charge in [0.05, 0.1) is 11.8 Å². The van der Waals surface area contributed by atoms with Crippen molar-refractivity contribution in [3.05, 3.63) is 21.9 Å². The van der Waals surface area contributed by atoms with Gasteiger partial charge >= 0.3 is 11.8 Å². The van der Waals surface area contributed by atoms with E-state index in [1.54, 1.807) is 0 Å². The smallest absolute Gasteiger partial charge is 0.346 e. The van der Waals surface area contributed by atoms with Gasteiger partial charge in [0.25, 0.3) is 0 Å². The maximum absolute atomic E-state index is 10.8. The van der Waals surface area contributed by atoms with Crippen molar-refractivity contribution < 1.29 is 14.8 Å². The van der Waals surface area contributed by atoms with Gasteiger partial charge in [-0.05, 0) is 17.8 Å². The summed E-state index contributed by atoms with van der Waals surface area (Å²) < 4.78 is 0. The van der Waals surface area contributed by atoms with Crippen LogP contribution in [0.5, 0.6) is 0 Å². The van der Waals surface area contributed by atoms with Crippen LogP contribution in [0.3, 0.4) is 0 Å². The Hall–Kier alpha value is -1.96. The topological polar surface area (TPSA) is 135 Å². The molecule has 4 N–H and O–H groups in total. The average molecular weight is 226 g/mol. The first-order valence-electron chi connectivity index (χ1n) is 4.65. The summed E-state index contributed by atoms with van der Waals surface area (Å²) in [6.45, 7) is 0. The molecule has 8 nitrogen and oxygen atoms in total. The van der Waals surface area contributed by atoms with Gasteiger partial charge in [0, 0.05) is 5.41 Å². The third kappa shape index (κ3) is 1.34. The number of nitro groups is 1. The Bertz CT molecular complexity index is 451. The summed E-state index contributed by atoms with van der Waals surface area (Å²) in [5, 5.41) is 25.4. The normalized spacial score (nSPS) is 19.1. The van der Waals surface area contributed by atoms with Gasteiger partial charge in [0.2, 0.25) is 0 Å². The molecule has 1 aromatic rings.